The molecule has 1 aromatic heterocycles. The molecule has 2 aromatic rings. The fourth-order valence-corrected chi connectivity index (χ4v) is 3.38. The lowest BCUT2D eigenvalue weighted by Crippen LogP contribution is -2.23. The Hall–Kier alpha value is -1.75. The van der Waals surface area contributed by atoms with E-state index in [0.717, 1.165) is 45.5 Å². The summed E-state index contributed by atoms with van der Waals surface area (Å²) in [6, 6.07) is 10.2. The van der Waals surface area contributed by atoms with Crippen LogP contribution in [0.25, 0.3) is 11.3 Å². The maximum atomic E-state index is 5.06. The van der Waals surface area contributed by atoms with E-state index >= 15 is 0 Å². The largest absolute Gasteiger partial charge is 0.399 e. The predicted molar refractivity (Wildman–Crippen MR) is 95.4 cm³/mol. The normalized spacial score (nSPS) is 18.7. The highest BCUT2D eigenvalue weighted by molar-refractivity contribution is 9.10. The van der Waals surface area contributed by atoms with Crippen LogP contribution in [0.2, 0.25) is 0 Å². The van der Waals surface area contributed by atoms with Gasteiger partial charge in [0, 0.05) is 15.6 Å². The van der Waals surface area contributed by atoms with Crippen molar-refractivity contribution in [1.29, 1.82) is 0 Å². The van der Waals surface area contributed by atoms with Crippen LogP contribution in [0.15, 0.2) is 40.0 Å². The highest BCUT2D eigenvalue weighted by atomic mass is 79.9. The van der Waals surface area contributed by atoms with Gasteiger partial charge in [0.25, 0.3) is 0 Å². The molecular formula is C18H20BrN3O. The highest BCUT2D eigenvalue weighted by Crippen LogP contribution is 2.30. The number of hydrogen-bond donors (Lipinski definition) is 0. The quantitative estimate of drug-likeness (QED) is 0.734. The number of aromatic nitrogens is 2. The minimum atomic E-state index is 0.578. The van der Waals surface area contributed by atoms with Crippen molar-refractivity contribution in [3.05, 3.63) is 46.1 Å². The summed E-state index contributed by atoms with van der Waals surface area (Å²) in [5.74, 6) is 0.578. The zero-order valence-corrected chi connectivity index (χ0v) is 15.0. The number of halogens is 1. The van der Waals surface area contributed by atoms with E-state index in [9.17, 15) is 0 Å². The second-order valence-corrected chi connectivity index (χ2v) is 6.80. The summed E-state index contributed by atoms with van der Waals surface area (Å²) >= 11 is 3.46. The molecule has 23 heavy (non-hydrogen) atoms. The van der Waals surface area contributed by atoms with Gasteiger partial charge in [-0.1, -0.05) is 46.6 Å². The third kappa shape index (κ3) is 3.61. The highest BCUT2D eigenvalue weighted by Gasteiger charge is 2.26. The summed E-state index contributed by atoms with van der Waals surface area (Å²) in [5, 5.41) is 13.2. The van der Waals surface area contributed by atoms with Gasteiger partial charge in [-0.3, -0.25) is 0 Å². The lowest BCUT2D eigenvalue weighted by Gasteiger charge is -2.24. The van der Waals surface area contributed by atoms with Gasteiger partial charge in [-0.15, -0.1) is 0 Å². The van der Waals surface area contributed by atoms with E-state index in [0.29, 0.717) is 5.92 Å². The summed E-state index contributed by atoms with van der Waals surface area (Å²) in [6.07, 6.45) is 4.27. The van der Waals surface area contributed by atoms with Crippen LogP contribution in [0.1, 0.15) is 37.4 Å². The van der Waals surface area contributed by atoms with E-state index in [4.69, 9.17) is 4.84 Å². The van der Waals surface area contributed by atoms with Crippen molar-refractivity contribution in [1.82, 2.24) is 10.2 Å². The van der Waals surface area contributed by atoms with Crippen molar-refractivity contribution < 1.29 is 4.84 Å². The number of rotatable bonds is 4. The fraction of sp³-hybridized carbons (Fsp3) is 0.389. The maximum absolute atomic E-state index is 5.06. The minimum Gasteiger partial charge on any atom is -0.399 e. The maximum Gasteiger partial charge on any atom is 0.106 e. The van der Waals surface area contributed by atoms with Gasteiger partial charge in [0.1, 0.15) is 7.11 Å². The topological polar surface area (TPSA) is 47.4 Å². The van der Waals surface area contributed by atoms with E-state index in [1.54, 1.807) is 7.11 Å². The lowest BCUT2D eigenvalue weighted by molar-refractivity contribution is 0.211. The second kappa shape index (κ2) is 7.21. The van der Waals surface area contributed by atoms with Crippen molar-refractivity contribution >= 4 is 21.6 Å². The first kappa shape index (κ1) is 16.1. The molecule has 1 aromatic carbocycles. The Balaban J connectivity index is 1.99. The van der Waals surface area contributed by atoms with Gasteiger partial charge < -0.3 is 4.84 Å². The molecule has 0 saturated heterocycles. The summed E-state index contributed by atoms with van der Waals surface area (Å²) in [7, 11) is 1.60. The standard InChI is InChI=1S/C18H20BrN3O/c1-3-4-12-9-17-15(18(10-12)22-23-2)11-16(20-21-17)13-5-7-14(19)8-6-13/h5-8,11-12H,3-4,9-10H2,1-2H3. The molecule has 0 amide bonds. The Bertz CT molecular complexity index is 713. The Kier molecular flexibility index (Phi) is 5.06. The van der Waals surface area contributed by atoms with E-state index in [1.807, 2.05) is 24.3 Å². The van der Waals surface area contributed by atoms with Gasteiger partial charge in [0.15, 0.2) is 0 Å². The fourth-order valence-electron chi connectivity index (χ4n) is 3.12. The third-order valence-electron chi connectivity index (χ3n) is 4.18. The number of oxime groups is 1. The summed E-state index contributed by atoms with van der Waals surface area (Å²) in [4.78, 5) is 5.06. The molecule has 1 atom stereocenters. The van der Waals surface area contributed by atoms with Gasteiger partial charge in [-0.05, 0) is 43.4 Å². The SMILES string of the molecule is CCCC1CC(=NOC)c2cc(-c3ccc(Br)cc3)nnc2C1. The van der Waals surface area contributed by atoms with E-state index in [1.165, 1.54) is 12.8 Å². The van der Waals surface area contributed by atoms with Crippen LogP contribution < -0.4 is 0 Å². The Morgan fingerprint density at radius 2 is 2.00 bits per heavy atom. The Labute approximate surface area is 145 Å². The first-order chi connectivity index (χ1) is 11.2. The molecule has 3 rings (SSSR count). The second-order valence-electron chi connectivity index (χ2n) is 5.88. The average molecular weight is 374 g/mol. The lowest BCUT2D eigenvalue weighted by atomic mass is 9.83. The van der Waals surface area contributed by atoms with E-state index in [2.05, 4.69) is 44.3 Å². The van der Waals surface area contributed by atoms with Gasteiger partial charge in [0.2, 0.25) is 0 Å². The van der Waals surface area contributed by atoms with Crippen LogP contribution in [0.4, 0.5) is 0 Å². The van der Waals surface area contributed by atoms with E-state index in [-0.39, 0.29) is 0 Å². The summed E-state index contributed by atoms with van der Waals surface area (Å²) in [5.41, 5.74) is 5.02. The molecule has 1 unspecified atom stereocenters. The van der Waals surface area contributed by atoms with Gasteiger partial charge in [-0.25, -0.2) is 0 Å². The molecule has 0 fully saturated rings. The van der Waals surface area contributed by atoms with Crippen molar-refractivity contribution in [3.8, 4) is 11.3 Å². The average Bonchev–Trinajstić information content (AvgIpc) is 2.56. The monoisotopic (exact) mass is 373 g/mol. The zero-order chi connectivity index (χ0) is 16.2. The van der Waals surface area contributed by atoms with Crippen LogP contribution in [-0.4, -0.2) is 23.0 Å². The number of hydrogen-bond acceptors (Lipinski definition) is 4. The van der Waals surface area contributed by atoms with E-state index < -0.39 is 0 Å². The molecule has 0 bridgehead atoms. The number of nitrogens with zero attached hydrogens (tertiary/aromatic N) is 3. The Morgan fingerprint density at radius 3 is 2.70 bits per heavy atom. The van der Waals surface area contributed by atoms with Crippen LogP contribution in [0.3, 0.4) is 0 Å². The minimum absolute atomic E-state index is 0.578. The number of benzene rings is 1. The molecule has 120 valence electrons. The molecule has 5 heteroatoms. The summed E-state index contributed by atoms with van der Waals surface area (Å²) < 4.78 is 1.05. The first-order valence-electron chi connectivity index (χ1n) is 7.94. The van der Waals surface area contributed by atoms with Gasteiger partial charge in [-0.2, -0.15) is 10.2 Å². The van der Waals surface area contributed by atoms with Crippen LogP contribution in [-0.2, 0) is 11.3 Å². The smallest absolute Gasteiger partial charge is 0.106 e. The molecule has 0 N–H and O–H groups in total. The summed E-state index contributed by atoms with van der Waals surface area (Å²) in [6.45, 7) is 2.21. The van der Waals surface area contributed by atoms with Crippen LogP contribution >= 0.6 is 15.9 Å². The molecule has 1 aliphatic rings. The van der Waals surface area contributed by atoms with Crippen LogP contribution in [0, 0.1) is 5.92 Å². The number of fused-ring (bicyclic) bond motifs is 1. The van der Waals surface area contributed by atoms with Crippen molar-refractivity contribution in [2.75, 3.05) is 7.11 Å². The predicted octanol–water partition coefficient (Wildman–Crippen LogP) is 4.62. The molecule has 0 spiro atoms. The molecule has 1 aliphatic carbocycles. The van der Waals surface area contributed by atoms with Crippen molar-refractivity contribution in [2.45, 2.75) is 32.6 Å². The third-order valence-corrected chi connectivity index (χ3v) is 4.71. The molecule has 0 radical (unpaired) electrons. The molecule has 0 saturated carbocycles. The van der Waals surface area contributed by atoms with Crippen molar-refractivity contribution in [2.24, 2.45) is 11.1 Å². The molecular weight excluding hydrogens is 354 g/mol. The first-order valence-corrected chi connectivity index (χ1v) is 8.73. The van der Waals surface area contributed by atoms with Gasteiger partial charge in [0.05, 0.1) is 17.1 Å². The Morgan fingerprint density at radius 1 is 1.22 bits per heavy atom. The molecule has 4 nitrogen and oxygen atoms in total. The molecule has 0 aliphatic heterocycles. The van der Waals surface area contributed by atoms with Crippen molar-refractivity contribution in [3.63, 3.8) is 0 Å². The molecule has 1 heterocycles. The van der Waals surface area contributed by atoms with Crippen LogP contribution in [0.5, 0.6) is 0 Å². The zero-order valence-electron chi connectivity index (χ0n) is 13.4. The van der Waals surface area contributed by atoms with Gasteiger partial charge >= 0.3 is 0 Å².